The van der Waals surface area contributed by atoms with Crippen molar-refractivity contribution in [3.8, 4) is 0 Å². The zero-order valence-corrected chi connectivity index (χ0v) is 31.5. The van der Waals surface area contributed by atoms with Crippen LogP contribution in [0.25, 0.3) is 0 Å². The fraction of sp³-hybridized carbons (Fsp3) is 0.771. The van der Waals surface area contributed by atoms with Crippen LogP contribution in [0.2, 0.25) is 0 Å². The highest BCUT2D eigenvalue weighted by atomic mass is 127. The molecule has 0 aromatic carbocycles. The van der Waals surface area contributed by atoms with Gasteiger partial charge in [0.15, 0.2) is 6.20 Å². The summed E-state index contributed by atoms with van der Waals surface area (Å²) in [6, 6.07) is 5.64. The van der Waals surface area contributed by atoms with Crippen LogP contribution >= 0.6 is 0 Å². The van der Waals surface area contributed by atoms with Crippen molar-refractivity contribution < 1.29 is 66.6 Å². The highest BCUT2D eigenvalue weighted by molar-refractivity contribution is 5.90. The molecule has 272 valence electrons. The number of halogens is 1. The summed E-state index contributed by atoms with van der Waals surface area (Å²) in [5.41, 5.74) is 0.836. The standard InChI is InChI=1S/C35H61N3O8.HI/c1-4-6-7-8-9-10-11-12-13-14-15-16-18-21-36-34(40)45-29-27-43-25-23-42-24-26-44-28-30-46-35(41)38(32(3)39)31-33-20-17-19-22-37(33)5-2;/h17,19-20,22H,4-16,18,21,23-31H2,1-3H3;1H. The number of alkyl carbamates (subject to hydrolysis) is 1. The Labute approximate surface area is 300 Å². The minimum Gasteiger partial charge on any atom is -1.00 e. The molecule has 0 aliphatic heterocycles. The van der Waals surface area contributed by atoms with Gasteiger partial charge < -0.3 is 53.0 Å². The second-order valence-corrected chi connectivity index (χ2v) is 11.3. The average molecular weight is 780 g/mol. The number of aromatic nitrogens is 1. The normalized spacial score (nSPS) is 10.7. The maximum absolute atomic E-state index is 12.4. The van der Waals surface area contributed by atoms with Gasteiger partial charge in [0.25, 0.3) is 0 Å². The number of hydrogen-bond donors (Lipinski definition) is 1. The van der Waals surface area contributed by atoms with Crippen molar-refractivity contribution in [1.82, 2.24) is 10.2 Å². The van der Waals surface area contributed by atoms with Gasteiger partial charge in [-0.25, -0.2) is 19.1 Å². The predicted octanol–water partition coefficient (Wildman–Crippen LogP) is 3.35. The molecule has 0 saturated carbocycles. The van der Waals surface area contributed by atoms with E-state index in [0.29, 0.717) is 39.6 Å². The minimum absolute atomic E-state index is 0. The van der Waals surface area contributed by atoms with E-state index in [1.165, 1.54) is 77.6 Å². The number of imide groups is 1. The summed E-state index contributed by atoms with van der Waals surface area (Å²) >= 11 is 0. The molecule has 0 atom stereocenters. The van der Waals surface area contributed by atoms with Crippen LogP contribution in [-0.2, 0) is 41.6 Å². The van der Waals surface area contributed by atoms with Crippen molar-refractivity contribution >= 4 is 18.1 Å². The molecule has 1 rings (SSSR count). The van der Waals surface area contributed by atoms with Gasteiger partial charge in [-0.05, 0) is 13.3 Å². The van der Waals surface area contributed by atoms with Crippen molar-refractivity contribution in [2.75, 3.05) is 59.4 Å². The van der Waals surface area contributed by atoms with E-state index in [2.05, 4.69) is 12.2 Å². The van der Waals surface area contributed by atoms with Gasteiger partial charge in [-0.2, -0.15) is 0 Å². The molecule has 12 heteroatoms. The smallest absolute Gasteiger partial charge is 0.417 e. The van der Waals surface area contributed by atoms with Gasteiger partial charge in [-0.1, -0.05) is 90.0 Å². The molecule has 0 saturated heterocycles. The zero-order valence-electron chi connectivity index (χ0n) is 29.3. The Balaban J connectivity index is 0.0000212. The summed E-state index contributed by atoms with van der Waals surface area (Å²) in [7, 11) is 0. The van der Waals surface area contributed by atoms with Crippen LogP contribution in [0.3, 0.4) is 0 Å². The Morgan fingerprint density at radius 3 is 1.68 bits per heavy atom. The molecule has 0 fully saturated rings. The lowest BCUT2D eigenvalue weighted by atomic mass is 10.0. The van der Waals surface area contributed by atoms with Crippen LogP contribution in [0, 0.1) is 0 Å². The summed E-state index contributed by atoms with van der Waals surface area (Å²) in [5, 5.41) is 2.79. The first-order chi connectivity index (χ1) is 22.5. The number of rotatable bonds is 29. The van der Waals surface area contributed by atoms with Crippen molar-refractivity contribution in [3.63, 3.8) is 0 Å². The molecule has 1 aromatic rings. The molecule has 1 heterocycles. The van der Waals surface area contributed by atoms with Crippen LogP contribution < -0.4 is 33.9 Å². The number of unbranched alkanes of at least 4 members (excludes halogenated alkanes) is 12. The van der Waals surface area contributed by atoms with Crippen LogP contribution in [0.1, 0.15) is 110 Å². The molecular weight excluding hydrogens is 717 g/mol. The van der Waals surface area contributed by atoms with E-state index in [-0.39, 0.29) is 56.2 Å². The van der Waals surface area contributed by atoms with Crippen molar-refractivity contribution in [2.45, 2.75) is 117 Å². The summed E-state index contributed by atoms with van der Waals surface area (Å²) in [5.74, 6) is -0.386. The SMILES string of the molecule is CCCCCCCCCCCCCCCNC(=O)OCCOCCOCCOCCOC(=O)N(Cc1cccc[n+]1CC)C(C)=O.[I-]. The fourth-order valence-corrected chi connectivity index (χ4v) is 4.82. The molecule has 0 spiro atoms. The number of nitrogens with zero attached hydrogens (tertiary/aromatic N) is 2. The second-order valence-electron chi connectivity index (χ2n) is 11.3. The molecule has 0 aliphatic rings. The molecule has 0 radical (unpaired) electrons. The number of pyridine rings is 1. The molecule has 0 aliphatic carbocycles. The van der Waals surface area contributed by atoms with Crippen LogP contribution in [0.5, 0.6) is 0 Å². The Hall–Kier alpha value is -2.03. The van der Waals surface area contributed by atoms with Gasteiger partial charge in [-0.3, -0.25) is 4.79 Å². The first kappa shape index (κ1) is 45.0. The number of amides is 3. The predicted molar refractivity (Wildman–Crippen MR) is 177 cm³/mol. The third kappa shape index (κ3) is 25.6. The average Bonchev–Trinajstić information content (AvgIpc) is 3.05. The van der Waals surface area contributed by atoms with E-state index in [0.717, 1.165) is 30.0 Å². The number of carbonyl (C=O) groups is 3. The molecule has 47 heavy (non-hydrogen) atoms. The highest BCUT2D eigenvalue weighted by Crippen LogP contribution is 2.12. The fourth-order valence-electron chi connectivity index (χ4n) is 4.82. The van der Waals surface area contributed by atoms with Crippen LogP contribution in [0.4, 0.5) is 9.59 Å². The number of hydrogen-bond acceptors (Lipinski definition) is 8. The maximum atomic E-state index is 12.4. The topological polar surface area (TPSA) is 117 Å². The third-order valence-electron chi connectivity index (χ3n) is 7.50. The number of ether oxygens (including phenoxy) is 5. The molecule has 1 N–H and O–H groups in total. The summed E-state index contributed by atoms with van der Waals surface area (Å²) < 4.78 is 28.6. The third-order valence-corrected chi connectivity index (χ3v) is 7.50. The first-order valence-electron chi connectivity index (χ1n) is 17.6. The Morgan fingerprint density at radius 2 is 1.17 bits per heavy atom. The van der Waals surface area contributed by atoms with E-state index in [4.69, 9.17) is 23.7 Å². The second kappa shape index (κ2) is 32.5. The van der Waals surface area contributed by atoms with Crippen molar-refractivity contribution in [3.05, 3.63) is 30.1 Å². The first-order valence-corrected chi connectivity index (χ1v) is 17.6. The largest absolute Gasteiger partial charge is 1.00 e. The van der Waals surface area contributed by atoms with Crippen LogP contribution in [0.15, 0.2) is 24.4 Å². The quantitative estimate of drug-likeness (QED) is 0.0749. The number of carbonyl (C=O) groups excluding carboxylic acids is 3. The molecule has 0 unspecified atom stereocenters. The summed E-state index contributed by atoms with van der Waals surface area (Å²) in [6.07, 6.45) is 17.7. The minimum atomic E-state index is -0.702. The molecule has 3 amide bonds. The van der Waals surface area contributed by atoms with E-state index >= 15 is 0 Å². The summed E-state index contributed by atoms with van der Waals surface area (Å²) in [6.45, 7) is 9.26. The Kier molecular flexibility index (Phi) is 31.1. The van der Waals surface area contributed by atoms with E-state index < -0.39 is 12.2 Å². The van der Waals surface area contributed by atoms with Gasteiger partial charge in [-0.15, -0.1) is 0 Å². The highest BCUT2D eigenvalue weighted by Gasteiger charge is 2.23. The zero-order chi connectivity index (χ0) is 33.5. The molecular formula is C35H62IN3O8. The van der Waals surface area contributed by atoms with Crippen molar-refractivity contribution in [2.24, 2.45) is 0 Å². The lowest BCUT2D eigenvalue weighted by molar-refractivity contribution is -0.701. The Morgan fingerprint density at radius 1 is 0.681 bits per heavy atom. The maximum Gasteiger partial charge on any atom is 0.417 e. The van der Waals surface area contributed by atoms with Gasteiger partial charge in [0.05, 0.1) is 39.6 Å². The molecule has 0 bridgehead atoms. The van der Waals surface area contributed by atoms with Crippen molar-refractivity contribution in [1.29, 1.82) is 0 Å². The number of aryl methyl sites for hydroxylation is 1. The van der Waals surface area contributed by atoms with Gasteiger partial charge in [0.2, 0.25) is 11.6 Å². The molecule has 11 nitrogen and oxygen atoms in total. The Bertz CT molecular complexity index is 925. The van der Waals surface area contributed by atoms with E-state index in [1.807, 2.05) is 35.9 Å². The van der Waals surface area contributed by atoms with E-state index in [1.54, 1.807) is 0 Å². The number of nitrogens with one attached hydrogen (secondary N) is 1. The van der Waals surface area contributed by atoms with Gasteiger partial charge in [0.1, 0.15) is 26.3 Å². The lowest BCUT2D eigenvalue weighted by Crippen LogP contribution is -3.00. The van der Waals surface area contributed by atoms with Gasteiger partial charge in [0, 0.05) is 25.6 Å². The summed E-state index contributed by atoms with van der Waals surface area (Å²) in [4.78, 5) is 37.2. The lowest BCUT2D eigenvalue weighted by Gasteiger charge is -2.17. The van der Waals surface area contributed by atoms with E-state index in [9.17, 15) is 14.4 Å². The van der Waals surface area contributed by atoms with Gasteiger partial charge >= 0.3 is 12.2 Å². The molecule has 1 aromatic heterocycles. The van der Waals surface area contributed by atoms with Crippen LogP contribution in [-0.4, -0.2) is 82.4 Å². The monoisotopic (exact) mass is 779 g/mol.